The number of fused-ring (bicyclic) bond motifs is 2. The molecule has 238 valence electrons. The SMILES string of the molecule is O=C1CC(c2ccc(C[C@@H](c3nc4ccccc4[nH]3)N(OC(=O)C(F)(F)F)S(=O)(=O)c3ccc4c(c3)CCO4)cc2)S(O)(O)N1. The number of alkyl halides is 3. The molecule has 1 aromatic heterocycles. The lowest BCUT2D eigenvalue weighted by Gasteiger charge is -2.33. The Hall–Kier alpha value is -4.16. The summed E-state index contributed by atoms with van der Waals surface area (Å²) in [5, 5.41) is -0.932. The minimum Gasteiger partial charge on any atom is -0.493 e. The minimum atomic E-state index is -5.53. The fourth-order valence-corrected chi connectivity index (χ4v) is 8.10. The maximum absolute atomic E-state index is 14.1. The summed E-state index contributed by atoms with van der Waals surface area (Å²) in [6, 6.07) is 14.7. The zero-order valence-electron chi connectivity index (χ0n) is 23.0. The molecule has 0 bridgehead atoms. The maximum atomic E-state index is 14.1. The first-order valence-electron chi connectivity index (χ1n) is 13.4. The molecule has 4 aromatic rings. The van der Waals surface area contributed by atoms with Gasteiger partial charge in [-0.25, -0.2) is 18.2 Å². The third-order valence-electron chi connectivity index (χ3n) is 7.39. The van der Waals surface area contributed by atoms with Gasteiger partial charge in [0.05, 0.1) is 29.0 Å². The van der Waals surface area contributed by atoms with Crippen molar-refractivity contribution in [2.75, 3.05) is 6.61 Å². The normalized spacial score (nSPS) is 19.2. The monoisotopic (exact) mass is 666 g/mol. The van der Waals surface area contributed by atoms with Crippen LogP contribution in [0.3, 0.4) is 0 Å². The number of benzene rings is 3. The number of rotatable bonds is 8. The summed E-state index contributed by atoms with van der Waals surface area (Å²) in [6.45, 7) is 0.295. The number of nitrogens with one attached hydrogen (secondary N) is 2. The lowest BCUT2D eigenvalue weighted by molar-refractivity contribution is -0.227. The number of amides is 1. The van der Waals surface area contributed by atoms with Crippen LogP contribution in [0.15, 0.2) is 71.6 Å². The van der Waals surface area contributed by atoms with Gasteiger partial charge in [-0.3, -0.25) is 18.6 Å². The molecular formula is C28H25F3N4O8S2. The lowest BCUT2D eigenvalue weighted by Crippen LogP contribution is -2.42. The van der Waals surface area contributed by atoms with Crippen LogP contribution in [0.2, 0.25) is 0 Å². The molecule has 1 fully saturated rings. The zero-order valence-corrected chi connectivity index (χ0v) is 24.7. The molecule has 2 atom stereocenters. The molecule has 45 heavy (non-hydrogen) atoms. The number of hydroxylamine groups is 1. The average Bonchev–Trinajstić information content (AvgIpc) is 3.70. The van der Waals surface area contributed by atoms with Crippen LogP contribution >= 0.6 is 10.8 Å². The van der Waals surface area contributed by atoms with Gasteiger partial charge in [-0.2, -0.15) is 13.2 Å². The van der Waals surface area contributed by atoms with E-state index in [9.17, 15) is 40.3 Å². The second-order valence-electron chi connectivity index (χ2n) is 10.4. The molecule has 12 nitrogen and oxygen atoms in total. The Morgan fingerprint density at radius 2 is 1.87 bits per heavy atom. The number of ether oxygens (including phenoxy) is 1. The highest BCUT2D eigenvalue weighted by atomic mass is 32.3. The predicted octanol–water partition coefficient (Wildman–Crippen LogP) is 4.72. The van der Waals surface area contributed by atoms with Gasteiger partial charge in [-0.1, -0.05) is 36.4 Å². The summed E-state index contributed by atoms with van der Waals surface area (Å²) in [4.78, 5) is 35.6. The number of aromatic nitrogens is 2. The van der Waals surface area contributed by atoms with Crippen molar-refractivity contribution < 1.29 is 49.9 Å². The van der Waals surface area contributed by atoms with Crippen molar-refractivity contribution in [1.29, 1.82) is 0 Å². The summed E-state index contributed by atoms with van der Waals surface area (Å²) < 4.78 is 96.8. The topological polar surface area (TPSA) is 171 Å². The number of H-pyrrole nitrogens is 1. The van der Waals surface area contributed by atoms with E-state index in [1.54, 1.807) is 24.3 Å². The van der Waals surface area contributed by atoms with Crippen molar-refractivity contribution in [1.82, 2.24) is 19.2 Å². The first kappa shape index (κ1) is 30.8. The first-order chi connectivity index (χ1) is 21.2. The number of hydrogen-bond acceptors (Lipinski definition) is 9. The second kappa shape index (κ2) is 11.3. The van der Waals surface area contributed by atoms with Crippen molar-refractivity contribution in [2.24, 2.45) is 0 Å². The van der Waals surface area contributed by atoms with Gasteiger partial charge in [0, 0.05) is 6.42 Å². The van der Waals surface area contributed by atoms with E-state index in [1.165, 1.54) is 36.4 Å². The fourth-order valence-electron chi connectivity index (χ4n) is 5.21. The Bertz CT molecular complexity index is 1860. The molecule has 1 amide bonds. The highest BCUT2D eigenvalue weighted by Crippen LogP contribution is 2.56. The highest BCUT2D eigenvalue weighted by molar-refractivity contribution is 8.23. The Morgan fingerprint density at radius 3 is 2.53 bits per heavy atom. The lowest BCUT2D eigenvalue weighted by atomic mass is 10.0. The van der Waals surface area contributed by atoms with Crippen molar-refractivity contribution in [3.8, 4) is 5.75 Å². The number of carbonyl (C=O) groups is 2. The molecule has 1 unspecified atom stereocenters. The molecule has 6 rings (SSSR count). The molecule has 0 aliphatic carbocycles. The quantitative estimate of drug-likeness (QED) is 0.194. The van der Waals surface area contributed by atoms with Gasteiger partial charge in [-0.05, 0) is 57.9 Å². The smallest absolute Gasteiger partial charge is 0.492 e. The number of carbonyl (C=O) groups excluding carboxylic acids is 2. The van der Waals surface area contributed by atoms with Crippen LogP contribution in [0.1, 0.15) is 40.2 Å². The summed E-state index contributed by atoms with van der Waals surface area (Å²) in [6.07, 6.45) is -5.67. The Labute approximate surface area is 255 Å². The summed E-state index contributed by atoms with van der Waals surface area (Å²) in [5.74, 6) is -2.98. The van der Waals surface area contributed by atoms with Gasteiger partial charge < -0.3 is 14.6 Å². The van der Waals surface area contributed by atoms with E-state index in [2.05, 4.69) is 19.5 Å². The highest BCUT2D eigenvalue weighted by Gasteiger charge is 2.47. The molecule has 3 heterocycles. The van der Waals surface area contributed by atoms with Gasteiger partial charge in [0.2, 0.25) is 5.91 Å². The van der Waals surface area contributed by atoms with E-state index in [1.807, 2.05) is 0 Å². The number of imidazole rings is 1. The van der Waals surface area contributed by atoms with Crippen LogP contribution in [-0.4, -0.2) is 56.6 Å². The second-order valence-corrected chi connectivity index (χ2v) is 14.2. The van der Waals surface area contributed by atoms with Gasteiger partial charge in [0.25, 0.3) is 10.0 Å². The Morgan fingerprint density at radius 1 is 1.13 bits per heavy atom. The molecule has 17 heteroatoms. The van der Waals surface area contributed by atoms with Crippen LogP contribution in [0.5, 0.6) is 5.75 Å². The average molecular weight is 667 g/mol. The van der Waals surface area contributed by atoms with E-state index in [-0.39, 0.29) is 23.1 Å². The molecule has 4 N–H and O–H groups in total. The summed E-state index contributed by atoms with van der Waals surface area (Å²) >= 11 is 0. The zero-order chi connectivity index (χ0) is 32.1. The van der Waals surface area contributed by atoms with Crippen LogP contribution < -0.4 is 9.46 Å². The summed E-state index contributed by atoms with van der Waals surface area (Å²) in [7, 11) is -8.41. The van der Waals surface area contributed by atoms with Crippen molar-refractivity contribution >= 4 is 43.7 Å². The number of para-hydroxylation sites is 2. The minimum absolute atomic E-state index is 0.0160. The molecule has 0 saturated carbocycles. The van der Waals surface area contributed by atoms with Crippen molar-refractivity contribution in [3.05, 3.63) is 89.2 Å². The molecular weight excluding hydrogens is 641 g/mol. The molecule has 0 spiro atoms. The Kier molecular flexibility index (Phi) is 7.77. The number of hydrogen-bond donors (Lipinski definition) is 4. The van der Waals surface area contributed by atoms with Crippen LogP contribution in [-0.2, 0) is 37.3 Å². The van der Waals surface area contributed by atoms with E-state index in [4.69, 9.17) is 4.74 Å². The van der Waals surface area contributed by atoms with Crippen molar-refractivity contribution in [3.63, 3.8) is 0 Å². The number of aromatic amines is 1. The van der Waals surface area contributed by atoms with Crippen molar-refractivity contribution in [2.45, 2.75) is 41.6 Å². The molecule has 2 aliphatic heterocycles. The number of halogens is 3. The van der Waals surface area contributed by atoms with Crippen LogP contribution in [0.4, 0.5) is 13.2 Å². The van der Waals surface area contributed by atoms with Gasteiger partial charge >= 0.3 is 12.1 Å². The predicted molar refractivity (Wildman–Crippen MR) is 154 cm³/mol. The van der Waals surface area contributed by atoms with Crippen LogP contribution in [0.25, 0.3) is 11.0 Å². The maximum Gasteiger partial charge on any atom is 0.492 e. The third-order valence-corrected chi connectivity index (χ3v) is 10.8. The van der Waals surface area contributed by atoms with Gasteiger partial charge in [-0.15, -0.1) is 10.8 Å². The fraction of sp³-hybridized carbons (Fsp3) is 0.250. The molecule has 0 radical (unpaired) electrons. The van der Waals surface area contributed by atoms with E-state index < -0.39 is 55.0 Å². The van der Waals surface area contributed by atoms with E-state index in [0.717, 1.165) is 6.07 Å². The third kappa shape index (κ3) is 6.08. The van der Waals surface area contributed by atoms with E-state index in [0.29, 0.717) is 46.5 Å². The largest absolute Gasteiger partial charge is 0.493 e. The molecule has 1 saturated heterocycles. The number of nitrogens with zero attached hydrogens (tertiary/aromatic N) is 2. The summed E-state index contributed by atoms with van der Waals surface area (Å²) in [5.41, 5.74) is 2.10. The van der Waals surface area contributed by atoms with Gasteiger partial charge in [0.15, 0.2) is 0 Å². The first-order valence-corrected chi connectivity index (χ1v) is 16.5. The van der Waals surface area contributed by atoms with E-state index >= 15 is 0 Å². The van der Waals surface area contributed by atoms with Gasteiger partial charge in [0.1, 0.15) is 22.9 Å². The molecule has 3 aromatic carbocycles. The molecule has 2 aliphatic rings. The number of sulfonamides is 1. The Balaban J connectivity index is 1.44. The standard InChI is InChI=1S/C28H25F3N4O8S2/c29-28(30,31)27(37)43-35(45(40,41)19-9-10-23-18(14-19)11-12-42-23)22(26-32-20-3-1-2-4-21(20)33-26)13-16-5-7-17(8-6-16)24-15-25(36)34-44(24,38)39/h1-10,14,22,24,38-39H,11-13,15H2,(H,32,33)(H,34,36)/t22-,24?/m0/s1. The van der Waals surface area contributed by atoms with Crippen LogP contribution in [0, 0.1) is 0 Å².